The Bertz CT molecular complexity index is 673. The van der Waals surface area contributed by atoms with Crippen LogP contribution in [-0.4, -0.2) is 33.2 Å². The standard InChI is InChI=1S/C15H18N2O3S/c16-9-1-2-11-3-6-13(7-4-11)21(18,19)17-14-10-12-5-8-15(14)20-12/h3-4,6-7,12,14-15,17H,5,8-10,16H2. The van der Waals surface area contributed by atoms with Crippen molar-refractivity contribution in [3.05, 3.63) is 29.8 Å². The zero-order valence-corrected chi connectivity index (χ0v) is 12.4. The molecule has 0 spiro atoms. The molecule has 5 nitrogen and oxygen atoms in total. The van der Waals surface area contributed by atoms with Gasteiger partial charge in [0.1, 0.15) is 0 Å². The molecule has 0 saturated carbocycles. The topological polar surface area (TPSA) is 81.4 Å². The van der Waals surface area contributed by atoms with Crippen LogP contribution in [0.4, 0.5) is 0 Å². The molecule has 2 heterocycles. The minimum atomic E-state index is -3.51. The van der Waals surface area contributed by atoms with E-state index >= 15 is 0 Å². The molecule has 2 bridgehead atoms. The molecule has 2 saturated heterocycles. The van der Waals surface area contributed by atoms with Crippen LogP contribution in [0.2, 0.25) is 0 Å². The molecule has 1 aromatic carbocycles. The average Bonchev–Trinajstić information content (AvgIpc) is 3.07. The summed E-state index contributed by atoms with van der Waals surface area (Å²) in [5.74, 6) is 5.60. The Balaban J connectivity index is 1.72. The number of hydrogen-bond acceptors (Lipinski definition) is 4. The second kappa shape index (κ2) is 5.78. The van der Waals surface area contributed by atoms with Gasteiger partial charge in [0.25, 0.3) is 0 Å². The second-order valence-corrected chi connectivity index (χ2v) is 7.08. The summed E-state index contributed by atoms with van der Waals surface area (Å²) in [5, 5.41) is 0. The monoisotopic (exact) mass is 306 g/mol. The second-order valence-electron chi connectivity index (χ2n) is 5.37. The molecule has 21 heavy (non-hydrogen) atoms. The van der Waals surface area contributed by atoms with E-state index in [2.05, 4.69) is 16.6 Å². The van der Waals surface area contributed by atoms with Crippen molar-refractivity contribution in [2.24, 2.45) is 5.73 Å². The third-order valence-corrected chi connectivity index (χ3v) is 5.42. The number of nitrogens with two attached hydrogens (primary N) is 1. The summed E-state index contributed by atoms with van der Waals surface area (Å²) >= 11 is 0. The van der Waals surface area contributed by atoms with Gasteiger partial charge >= 0.3 is 0 Å². The van der Waals surface area contributed by atoms with Crippen molar-refractivity contribution < 1.29 is 13.2 Å². The van der Waals surface area contributed by atoms with Crippen LogP contribution >= 0.6 is 0 Å². The Morgan fingerprint density at radius 1 is 1.29 bits per heavy atom. The van der Waals surface area contributed by atoms with Crippen molar-refractivity contribution in [2.75, 3.05) is 6.54 Å². The Morgan fingerprint density at radius 3 is 2.62 bits per heavy atom. The Morgan fingerprint density at radius 2 is 2.05 bits per heavy atom. The van der Waals surface area contributed by atoms with E-state index in [0.29, 0.717) is 0 Å². The first-order valence-electron chi connectivity index (χ1n) is 7.05. The summed E-state index contributed by atoms with van der Waals surface area (Å²) in [6.45, 7) is 0.284. The average molecular weight is 306 g/mol. The lowest BCUT2D eigenvalue weighted by Crippen LogP contribution is -2.41. The summed E-state index contributed by atoms with van der Waals surface area (Å²) in [7, 11) is -3.51. The molecule has 3 unspecified atom stereocenters. The number of rotatable bonds is 3. The SMILES string of the molecule is NCC#Cc1ccc(S(=O)(=O)NC2CC3CCC2O3)cc1. The molecule has 0 radical (unpaired) electrons. The lowest BCUT2D eigenvalue weighted by Gasteiger charge is -2.19. The Labute approximate surface area is 124 Å². The van der Waals surface area contributed by atoms with E-state index in [9.17, 15) is 8.42 Å². The highest BCUT2D eigenvalue weighted by Gasteiger charge is 2.42. The van der Waals surface area contributed by atoms with Gasteiger partial charge in [-0.15, -0.1) is 0 Å². The minimum absolute atomic E-state index is 0.0273. The minimum Gasteiger partial charge on any atom is -0.373 e. The van der Waals surface area contributed by atoms with Crippen molar-refractivity contribution in [1.82, 2.24) is 4.72 Å². The van der Waals surface area contributed by atoms with Crippen molar-refractivity contribution in [3.8, 4) is 11.8 Å². The zero-order chi connectivity index (χ0) is 14.9. The zero-order valence-electron chi connectivity index (χ0n) is 11.6. The molecule has 2 fully saturated rings. The first-order chi connectivity index (χ1) is 10.1. The third kappa shape index (κ3) is 3.11. The van der Waals surface area contributed by atoms with Gasteiger partial charge in [-0.1, -0.05) is 11.8 Å². The van der Waals surface area contributed by atoms with E-state index in [1.807, 2.05) is 0 Å². The molecule has 0 aliphatic carbocycles. The number of nitrogens with one attached hydrogen (secondary N) is 1. The highest BCUT2D eigenvalue weighted by molar-refractivity contribution is 7.89. The summed E-state index contributed by atoms with van der Waals surface area (Å²) in [4.78, 5) is 0.253. The van der Waals surface area contributed by atoms with Gasteiger partial charge < -0.3 is 10.5 Å². The molecule has 3 atom stereocenters. The molecule has 3 rings (SSSR count). The van der Waals surface area contributed by atoms with Gasteiger partial charge in [-0.3, -0.25) is 0 Å². The molecule has 2 aliphatic rings. The highest BCUT2D eigenvalue weighted by Crippen LogP contribution is 2.34. The molecule has 3 N–H and O–H groups in total. The normalized spacial score (nSPS) is 27.4. The van der Waals surface area contributed by atoms with Crippen LogP contribution in [0.5, 0.6) is 0 Å². The lowest BCUT2D eigenvalue weighted by molar-refractivity contribution is 0.0996. The van der Waals surface area contributed by atoms with E-state index < -0.39 is 10.0 Å². The van der Waals surface area contributed by atoms with Crippen LogP contribution in [0.25, 0.3) is 0 Å². The number of benzene rings is 1. The Hall–Kier alpha value is -1.39. The molecule has 0 aromatic heterocycles. The first-order valence-corrected chi connectivity index (χ1v) is 8.53. The number of sulfonamides is 1. The summed E-state index contributed by atoms with van der Waals surface area (Å²) < 4.78 is 33.2. The summed E-state index contributed by atoms with van der Waals surface area (Å²) in [6, 6.07) is 6.40. The fourth-order valence-electron chi connectivity index (χ4n) is 2.90. The summed E-state index contributed by atoms with van der Waals surface area (Å²) in [5.41, 5.74) is 6.06. The highest BCUT2D eigenvalue weighted by atomic mass is 32.2. The molecule has 1 aromatic rings. The fourth-order valence-corrected chi connectivity index (χ4v) is 4.18. The van der Waals surface area contributed by atoms with Gasteiger partial charge in [-0.25, -0.2) is 13.1 Å². The maximum absolute atomic E-state index is 12.4. The number of hydrogen-bond donors (Lipinski definition) is 2. The molecular formula is C15H18N2O3S. The largest absolute Gasteiger partial charge is 0.373 e. The van der Waals surface area contributed by atoms with Gasteiger partial charge in [-0.2, -0.15) is 0 Å². The quantitative estimate of drug-likeness (QED) is 0.801. The van der Waals surface area contributed by atoms with Gasteiger partial charge in [0.05, 0.1) is 29.7 Å². The van der Waals surface area contributed by atoms with E-state index in [0.717, 1.165) is 24.8 Å². The van der Waals surface area contributed by atoms with Crippen molar-refractivity contribution >= 4 is 10.0 Å². The lowest BCUT2D eigenvalue weighted by atomic mass is 9.96. The molecule has 6 heteroatoms. The van der Waals surface area contributed by atoms with E-state index in [1.165, 1.54) is 0 Å². The Kier molecular flexibility index (Phi) is 4.00. The van der Waals surface area contributed by atoms with Crippen LogP contribution in [0, 0.1) is 11.8 Å². The maximum Gasteiger partial charge on any atom is 0.240 e. The van der Waals surface area contributed by atoms with Crippen LogP contribution in [0.15, 0.2) is 29.2 Å². The van der Waals surface area contributed by atoms with Gasteiger partial charge in [-0.05, 0) is 43.5 Å². The van der Waals surface area contributed by atoms with Crippen molar-refractivity contribution in [2.45, 2.75) is 42.4 Å². The molecule has 2 aliphatic heterocycles. The molecule has 112 valence electrons. The van der Waals surface area contributed by atoms with E-state index in [1.54, 1.807) is 24.3 Å². The van der Waals surface area contributed by atoms with E-state index in [4.69, 9.17) is 10.5 Å². The van der Waals surface area contributed by atoms with Crippen LogP contribution in [0.3, 0.4) is 0 Å². The predicted octanol–water partition coefficient (Wildman–Crippen LogP) is 0.595. The van der Waals surface area contributed by atoms with Crippen LogP contribution < -0.4 is 10.5 Å². The number of fused-ring (bicyclic) bond motifs is 2. The van der Waals surface area contributed by atoms with Crippen LogP contribution in [-0.2, 0) is 14.8 Å². The van der Waals surface area contributed by atoms with Gasteiger partial charge in [0.15, 0.2) is 0 Å². The smallest absolute Gasteiger partial charge is 0.240 e. The fraction of sp³-hybridized carbons (Fsp3) is 0.467. The molecular weight excluding hydrogens is 288 g/mol. The summed E-state index contributed by atoms with van der Waals surface area (Å²) in [6.07, 6.45) is 2.99. The van der Waals surface area contributed by atoms with E-state index in [-0.39, 0.29) is 29.7 Å². The molecule has 0 amide bonds. The maximum atomic E-state index is 12.4. The number of ether oxygens (including phenoxy) is 1. The van der Waals surface area contributed by atoms with Gasteiger partial charge in [0, 0.05) is 5.56 Å². The van der Waals surface area contributed by atoms with Crippen molar-refractivity contribution in [3.63, 3.8) is 0 Å². The third-order valence-electron chi connectivity index (χ3n) is 3.91. The predicted molar refractivity (Wildman–Crippen MR) is 79.0 cm³/mol. The van der Waals surface area contributed by atoms with Crippen LogP contribution in [0.1, 0.15) is 24.8 Å². The van der Waals surface area contributed by atoms with Gasteiger partial charge in [0.2, 0.25) is 10.0 Å². The van der Waals surface area contributed by atoms with Crippen molar-refractivity contribution in [1.29, 1.82) is 0 Å². The first kappa shape index (κ1) is 14.5.